The number of alkyl halides is 1. The highest BCUT2D eigenvalue weighted by Crippen LogP contribution is 2.33. The quantitative estimate of drug-likeness (QED) is 0.225. The number of halogens is 2. The molecule has 0 aromatic heterocycles. The third-order valence-electron chi connectivity index (χ3n) is 3.41. The molecular formula is C19H22ClIOS. The van der Waals surface area contributed by atoms with Crippen LogP contribution in [0.25, 0.3) is 0 Å². The zero-order valence-corrected chi connectivity index (χ0v) is 17.1. The maximum atomic E-state index is 6.41. The molecule has 2 aromatic carbocycles. The van der Waals surface area contributed by atoms with Gasteiger partial charge in [-0.3, -0.25) is 0 Å². The Labute approximate surface area is 162 Å². The lowest BCUT2D eigenvalue weighted by atomic mass is 10.1. The molecule has 0 saturated heterocycles. The summed E-state index contributed by atoms with van der Waals surface area (Å²) in [5.74, 6) is 0.938. The van der Waals surface area contributed by atoms with Gasteiger partial charge in [-0.05, 0) is 59.6 Å². The Balaban J connectivity index is 2.01. The first-order chi connectivity index (χ1) is 11.2. The van der Waals surface area contributed by atoms with Crippen molar-refractivity contribution in [2.45, 2.75) is 42.4 Å². The molecule has 0 spiro atoms. The molecule has 1 nitrogen and oxygen atoms in total. The van der Waals surface area contributed by atoms with Crippen LogP contribution in [0.15, 0.2) is 52.3 Å². The van der Waals surface area contributed by atoms with Crippen molar-refractivity contribution in [2.75, 3.05) is 11.0 Å². The number of aryl methyl sites for hydroxylation is 1. The molecule has 124 valence electrons. The second-order valence-electron chi connectivity index (χ2n) is 5.32. The Morgan fingerprint density at radius 3 is 2.65 bits per heavy atom. The SMILES string of the molecule is CCCCOc1cccc(Sc2ccc(CCCI)c(Cl)c2)c1. The first kappa shape index (κ1) is 18.9. The molecule has 0 aliphatic heterocycles. The van der Waals surface area contributed by atoms with Crippen molar-refractivity contribution in [3.05, 3.63) is 53.1 Å². The predicted molar refractivity (Wildman–Crippen MR) is 110 cm³/mol. The van der Waals surface area contributed by atoms with Gasteiger partial charge in [0.2, 0.25) is 0 Å². The van der Waals surface area contributed by atoms with Crippen LogP contribution in [0, 0.1) is 0 Å². The lowest BCUT2D eigenvalue weighted by Crippen LogP contribution is -1.96. The zero-order chi connectivity index (χ0) is 16.5. The molecule has 0 fully saturated rings. The smallest absolute Gasteiger partial charge is 0.120 e. The van der Waals surface area contributed by atoms with Crippen LogP contribution in [0.5, 0.6) is 5.75 Å². The number of ether oxygens (including phenoxy) is 1. The zero-order valence-electron chi connectivity index (χ0n) is 13.4. The molecule has 2 rings (SSSR count). The fourth-order valence-electron chi connectivity index (χ4n) is 2.15. The van der Waals surface area contributed by atoms with E-state index in [4.69, 9.17) is 16.3 Å². The average molecular weight is 461 g/mol. The van der Waals surface area contributed by atoms with Crippen LogP contribution >= 0.6 is 46.0 Å². The van der Waals surface area contributed by atoms with E-state index >= 15 is 0 Å². The standard InChI is InChI=1S/C19H22ClIOS/c1-2-3-12-22-16-7-4-8-17(13-16)23-18-10-9-15(6-5-11-21)19(20)14-18/h4,7-10,13-14H,2-3,5-6,11-12H2,1H3. The number of benzene rings is 2. The van der Waals surface area contributed by atoms with E-state index < -0.39 is 0 Å². The highest BCUT2D eigenvalue weighted by atomic mass is 127. The maximum absolute atomic E-state index is 6.41. The Morgan fingerprint density at radius 2 is 1.91 bits per heavy atom. The summed E-state index contributed by atoms with van der Waals surface area (Å²) in [4.78, 5) is 2.34. The third-order valence-corrected chi connectivity index (χ3v) is 5.51. The van der Waals surface area contributed by atoms with Crippen LogP contribution in [-0.4, -0.2) is 11.0 Å². The molecule has 0 atom stereocenters. The minimum atomic E-state index is 0.780. The van der Waals surface area contributed by atoms with E-state index in [0.717, 1.165) is 41.1 Å². The third kappa shape index (κ3) is 6.55. The van der Waals surface area contributed by atoms with Gasteiger partial charge in [0.15, 0.2) is 0 Å². The van der Waals surface area contributed by atoms with Gasteiger partial charge in [0.1, 0.15) is 5.75 Å². The molecule has 0 saturated carbocycles. The Bertz CT molecular complexity index is 618. The molecule has 2 aromatic rings. The highest BCUT2D eigenvalue weighted by molar-refractivity contribution is 14.1. The predicted octanol–water partition coefficient (Wildman–Crippen LogP) is 7.04. The van der Waals surface area contributed by atoms with Crippen LogP contribution in [0.2, 0.25) is 5.02 Å². The average Bonchev–Trinajstić information content (AvgIpc) is 2.55. The first-order valence-corrected chi connectivity index (χ1v) is 10.7. The van der Waals surface area contributed by atoms with Gasteiger partial charge in [0.05, 0.1) is 6.61 Å². The van der Waals surface area contributed by atoms with Gasteiger partial charge >= 0.3 is 0 Å². The molecule has 0 N–H and O–H groups in total. The normalized spacial score (nSPS) is 10.7. The molecule has 0 aliphatic carbocycles. The summed E-state index contributed by atoms with van der Waals surface area (Å²) >= 11 is 10.5. The molecular weight excluding hydrogens is 439 g/mol. The summed E-state index contributed by atoms with van der Waals surface area (Å²) in [7, 11) is 0. The fraction of sp³-hybridized carbons (Fsp3) is 0.368. The first-order valence-electron chi connectivity index (χ1n) is 7.98. The molecule has 0 radical (unpaired) electrons. The van der Waals surface area contributed by atoms with Crippen LogP contribution in [-0.2, 0) is 6.42 Å². The molecule has 23 heavy (non-hydrogen) atoms. The van der Waals surface area contributed by atoms with E-state index in [-0.39, 0.29) is 0 Å². The second-order valence-corrected chi connectivity index (χ2v) is 7.96. The van der Waals surface area contributed by atoms with Crippen molar-refractivity contribution in [3.63, 3.8) is 0 Å². The summed E-state index contributed by atoms with van der Waals surface area (Å²) in [6.45, 7) is 2.95. The van der Waals surface area contributed by atoms with Gasteiger partial charge in [-0.2, -0.15) is 0 Å². The number of hydrogen-bond donors (Lipinski definition) is 0. The largest absolute Gasteiger partial charge is 0.494 e. The van der Waals surface area contributed by atoms with Gasteiger partial charge in [0, 0.05) is 14.8 Å². The monoisotopic (exact) mass is 460 g/mol. The van der Waals surface area contributed by atoms with Gasteiger partial charge in [-0.15, -0.1) is 0 Å². The van der Waals surface area contributed by atoms with E-state index in [0.29, 0.717) is 0 Å². The van der Waals surface area contributed by atoms with E-state index in [9.17, 15) is 0 Å². The van der Waals surface area contributed by atoms with Crippen LogP contribution < -0.4 is 4.74 Å². The number of rotatable bonds is 9. The molecule has 0 heterocycles. The topological polar surface area (TPSA) is 9.23 Å². The van der Waals surface area contributed by atoms with Gasteiger partial charge in [-0.25, -0.2) is 0 Å². The van der Waals surface area contributed by atoms with Crippen molar-refractivity contribution in [3.8, 4) is 5.75 Å². The van der Waals surface area contributed by atoms with Gasteiger partial charge in [-0.1, -0.05) is 71.4 Å². The van der Waals surface area contributed by atoms with Crippen LogP contribution in [0.3, 0.4) is 0 Å². The van der Waals surface area contributed by atoms with E-state index in [1.165, 1.54) is 21.8 Å². The Morgan fingerprint density at radius 1 is 1.09 bits per heavy atom. The number of hydrogen-bond acceptors (Lipinski definition) is 2. The molecule has 0 bridgehead atoms. The second kappa shape index (κ2) is 10.5. The minimum Gasteiger partial charge on any atom is -0.494 e. The van der Waals surface area contributed by atoms with Crippen molar-refractivity contribution in [1.82, 2.24) is 0 Å². The van der Waals surface area contributed by atoms with E-state index in [1.54, 1.807) is 11.8 Å². The van der Waals surface area contributed by atoms with Crippen LogP contribution in [0.4, 0.5) is 0 Å². The summed E-state index contributed by atoms with van der Waals surface area (Å²) in [5.41, 5.74) is 1.24. The number of unbranched alkanes of at least 4 members (excludes halogenated alkanes) is 1. The summed E-state index contributed by atoms with van der Waals surface area (Å²) < 4.78 is 6.93. The molecule has 0 aliphatic rings. The van der Waals surface area contributed by atoms with Crippen molar-refractivity contribution >= 4 is 46.0 Å². The Kier molecular flexibility index (Phi) is 8.62. The highest BCUT2D eigenvalue weighted by Gasteiger charge is 2.05. The summed E-state index contributed by atoms with van der Waals surface area (Å²) in [6, 6.07) is 14.6. The van der Waals surface area contributed by atoms with E-state index in [2.05, 4.69) is 59.8 Å². The summed E-state index contributed by atoms with van der Waals surface area (Å²) in [6.07, 6.45) is 4.46. The van der Waals surface area contributed by atoms with Crippen molar-refractivity contribution in [1.29, 1.82) is 0 Å². The van der Waals surface area contributed by atoms with Crippen molar-refractivity contribution < 1.29 is 4.74 Å². The molecule has 4 heteroatoms. The maximum Gasteiger partial charge on any atom is 0.120 e. The van der Waals surface area contributed by atoms with Gasteiger partial charge in [0.25, 0.3) is 0 Å². The summed E-state index contributed by atoms with van der Waals surface area (Å²) in [5, 5.41) is 0.871. The lowest BCUT2D eigenvalue weighted by Gasteiger charge is -2.09. The van der Waals surface area contributed by atoms with Crippen molar-refractivity contribution in [2.24, 2.45) is 0 Å². The Hall–Kier alpha value is -0.390. The molecule has 0 amide bonds. The van der Waals surface area contributed by atoms with E-state index in [1.807, 2.05) is 12.1 Å². The van der Waals surface area contributed by atoms with Crippen LogP contribution in [0.1, 0.15) is 31.7 Å². The fourth-order valence-corrected chi connectivity index (χ4v) is 3.78. The van der Waals surface area contributed by atoms with Gasteiger partial charge < -0.3 is 4.74 Å². The lowest BCUT2D eigenvalue weighted by molar-refractivity contribution is 0.308. The minimum absolute atomic E-state index is 0.780. The molecule has 0 unspecified atom stereocenters.